The Morgan fingerprint density at radius 1 is 1.45 bits per heavy atom. The largest absolute Gasteiger partial charge is 0.497 e. The van der Waals surface area contributed by atoms with Crippen LogP contribution in [0, 0.1) is 11.7 Å². The minimum atomic E-state index is -0.211. The summed E-state index contributed by atoms with van der Waals surface area (Å²) < 4.78 is 25.2. The topological polar surface area (TPSA) is 30.5 Å². The van der Waals surface area contributed by atoms with Crippen molar-refractivity contribution >= 4 is 0 Å². The molecule has 1 aromatic rings. The lowest BCUT2D eigenvalue weighted by atomic mass is 9.86. The molecule has 1 fully saturated rings. The summed E-state index contributed by atoms with van der Waals surface area (Å²) in [5.74, 6) is 0.663. The highest BCUT2D eigenvalue weighted by molar-refractivity contribution is 5.31. The summed E-state index contributed by atoms with van der Waals surface area (Å²) in [5, 5.41) is 3.42. The van der Waals surface area contributed by atoms with Gasteiger partial charge in [0.1, 0.15) is 11.6 Å². The van der Waals surface area contributed by atoms with Gasteiger partial charge in [0.15, 0.2) is 0 Å². The van der Waals surface area contributed by atoms with Crippen molar-refractivity contribution in [1.29, 1.82) is 0 Å². The van der Waals surface area contributed by atoms with Crippen molar-refractivity contribution in [2.75, 3.05) is 20.3 Å². The fourth-order valence-corrected chi connectivity index (χ4v) is 3.07. The molecule has 3 unspecified atom stereocenters. The van der Waals surface area contributed by atoms with Crippen LogP contribution in [0.15, 0.2) is 18.2 Å². The van der Waals surface area contributed by atoms with E-state index < -0.39 is 0 Å². The smallest absolute Gasteiger partial charge is 0.131 e. The number of hydrogen-bond donors (Lipinski definition) is 1. The number of methoxy groups -OCH3 is 1. The van der Waals surface area contributed by atoms with Crippen LogP contribution in [0.2, 0.25) is 0 Å². The van der Waals surface area contributed by atoms with E-state index in [4.69, 9.17) is 9.47 Å². The zero-order valence-electron chi connectivity index (χ0n) is 12.5. The van der Waals surface area contributed by atoms with E-state index in [1.165, 1.54) is 6.07 Å². The minimum absolute atomic E-state index is 0.00152. The molecule has 3 atom stereocenters. The highest BCUT2D eigenvalue weighted by Gasteiger charge is 2.35. The van der Waals surface area contributed by atoms with Crippen LogP contribution in [0.4, 0.5) is 4.39 Å². The number of benzene rings is 1. The minimum Gasteiger partial charge on any atom is -0.497 e. The van der Waals surface area contributed by atoms with Gasteiger partial charge in [-0.05, 0) is 25.5 Å². The molecule has 1 aromatic carbocycles. The van der Waals surface area contributed by atoms with Crippen molar-refractivity contribution in [2.45, 2.75) is 38.8 Å². The summed E-state index contributed by atoms with van der Waals surface area (Å²) >= 11 is 0. The van der Waals surface area contributed by atoms with Crippen molar-refractivity contribution in [2.24, 2.45) is 5.92 Å². The Kier molecular flexibility index (Phi) is 5.38. The van der Waals surface area contributed by atoms with Crippen molar-refractivity contribution < 1.29 is 13.9 Å². The lowest BCUT2D eigenvalue weighted by molar-refractivity contribution is 0.0772. The van der Waals surface area contributed by atoms with Gasteiger partial charge in [-0.15, -0.1) is 0 Å². The maximum absolute atomic E-state index is 14.3. The Bertz CT molecular complexity index is 438. The van der Waals surface area contributed by atoms with E-state index in [9.17, 15) is 4.39 Å². The standard InChI is InChI=1S/C16H24FNO2/c1-4-15-13(8-9-20-15)16(18-5-2)12-7-6-11(19-3)10-14(12)17/h6-7,10,13,15-16,18H,4-5,8-9H2,1-3H3. The van der Waals surface area contributed by atoms with Crippen LogP contribution in [-0.2, 0) is 4.74 Å². The Morgan fingerprint density at radius 2 is 2.25 bits per heavy atom. The van der Waals surface area contributed by atoms with Crippen LogP contribution in [0.25, 0.3) is 0 Å². The van der Waals surface area contributed by atoms with Gasteiger partial charge in [0.2, 0.25) is 0 Å². The number of hydrogen-bond acceptors (Lipinski definition) is 3. The number of nitrogens with one attached hydrogen (secondary N) is 1. The first-order valence-electron chi connectivity index (χ1n) is 7.39. The van der Waals surface area contributed by atoms with Crippen LogP contribution in [-0.4, -0.2) is 26.4 Å². The Labute approximate surface area is 120 Å². The molecule has 1 aliphatic rings. The molecule has 4 heteroatoms. The molecule has 1 N–H and O–H groups in total. The molecule has 2 rings (SSSR count). The zero-order valence-corrected chi connectivity index (χ0v) is 12.5. The maximum Gasteiger partial charge on any atom is 0.131 e. The molecule has 0 spiro atoms. The van der Waals surface area contributed by atoms with Gasteiger partial charge >= 0.3 is 0 Å². The predicted molar refractivity (Wildman–Crippen MR) is 77.5 cm³/mol. The van der Waals surface area contributed by atoms with Crippen LogP contribution < -0.4 is 10.1 Å². The summed E-state index contributed by atoms with van der Waals surface area (Å²) in [6, 6.07) is 5.10. The Balaban J connectivity index is 2.28. The normalized spacial score (nSPS) is 23.8. The van der Waals surface area contributed by atoms with Crippen LogP contribution in [0.1, 0.15) is 38.3 Å². The van der Waals surface area contributed by atoms with Gasteiger partial charge in [-0.2, -0.15) is 0 Å². The van der Waals surface area contributed by atoms with Gasteiger partial charge < -0.3 is 14.8 Å². The van der Waals surface area contributed by atoms with E-state index in [1.54, 1.807) is 7.11 Å². The molecule has 0 bridgehead atoms. The average molecular weight is 281 g/mol. The molecule has 1 aliphatic heterocycles. The third kappa shape index (κ3) is 3.13. The lowest BCUT2D eigenvalue weighted by Crippen LogP contribution is -2.33. The fraction of sp³-hybridized carbons (Fsp3) is 0.625. The average Bonchev–Trinajstić information content (AvgIpc) is 2.93. The van der Waals surface area contributed by atoms with E-state index in [0.29, 0.717) is 17.2 Å². The molecule has 20 heavy (non-hydrogen) atoms. The van der Waals surface area contributed by atoms with Crippen LogP contribution in [0.3, 0.4) is 0 Å². The first-order chi connectivity index (χ1) is 9.71. The van der Waals surface area contributed by atoms with Crippen molar-refractivity contribution in [3.63, 3.8) is 0 Å². The van der Waals surface area contributed by atoms with E-state index >= 15 is 0 Å². The summed E-state index contributed by atoms with van der Waals surface area (Å²) in [6.07, 6.45) is 2.15. The zero-order chi connectivity index (χ0) is 14.5. The maximum atomic E-state index is 14.3. The Hall–Kier alpha value is -1.13. The van der Waals surface area contributed by atoms with E-state index in [2.05, 4.69) is 12.2 Å². The number of ether oxygens (including phenoxy) is 2. The predicted octanol–water partition coefficient (Wildman–Crippen LogP) is 3.30. The SMILES string of the molecule is CCNC(c1ccc(OC)cc1F)C1CCOC1CC. The summed E-state index contributed by atoms with van der Waals surface area (Å²) in [5.41, 5.74) is 0.710. The van der Waals surface area contributed by atoms with Gasteiger partial charge in [0.25, 0.3) is 0 Å². The van der Waals surface area contributed by atoms with E-state index in [0.717, 1.165) is 26.0 Å². The highest BCUT2D eigenvalue weighted by Crippen LogP contribution is 2.36. The summed E-state index contributed by atoms with van der Waals surface area (Å²) in [4.78, 5) is 0. The third-order valence-electron chi connectivity index (χ3n) is 4.06. The van der Waals surface area contributed by atoms with E-state index in [1.807, 2.05) is 19.1 Å². The fourth-order valence-electron chi connectivity index (χ4n) is 3.07. The number of halogens is 1. The highest BCUT2D eigenvalue weighted by atomic mass is 19.1. The van der Waals surface area contributed by atoms with Crippen LogP contribution in [0.5, 0.6) is 5.75 Å². The molecular formula is C16H24FNO2. The molecule has 0 amide bonds. The second kappa shape index (κ2) is 7.04. The van der Waals surface area contributed by atoms with Gasteiger partial charge in [-0.25, -0.2) is 4.39 Å². The van der Waals surface area contributed by atoms with Gasteiger partial charge in [0.05, 0.1) is 13.2 Å². The summed E-state index contributed by atoms with van der Waals surface area (Å²) in [7, 11) is 1.55. The quantitative estimate of drug-likeness (QED) is 0.868. The van der Waals surface area contributed by atoms with Crippen molar-refractivity contribution in [3.8, 4) is 5.75 Å². The van der Waals surface area contributed by atoms with Crippen molar-refractivity contribution in [1.82, 2.24) is 5.32 Å². The molecular weight excluding hydrogens is 257 g/mol. The lowest BCUT2D eigenvalue weighted by Gasteiger charge is -2.28. The van der Waals surface area contributed by atoms with Gasteiger partial charge in [-0.3, -0.25) is 0 Å². The van der Waals surface area contributed by atoms with Crippen molar-refractivity contribution in [3.05, 3.63) is 29.6 Å². The molecule has 0 saturated carbocycles. The van der Waals surface area contributed by atoms with Crippen LogP contribution >= 0.6 is 0 Å². The second-order valence-corrected chi connectivity index (χ2v) is 5.19. The van der Waals surface area contributed by atoms with Gasteiger partial charge in [0, 0.05) is 30.2 Å². The molecule has 0 aliphatic carbocycles. The monoisotopic (exact) mass is 281 g/mol. The second-order valence-electron chi connectivity index (χ2n) is 5.19. The molecule has 112 valence electrons. The van der Waals surface area contributed by atoms with Gasteiger partial charge in [-0.1, -0.05) is 19.9 Å². The summed E-state index contributed by atoms with van der Waals surface area (Å²) in [6.45, 7) is 5.74. The molecule has 3 nitrogen and oxygen atoms in total. The molecule has 1 saturated heterocycles. The molecule has 1 heterocycles. The first kappa shape index (κ1) is 15.3. The third-order valence-corrected chi connectivity index (χ3v) is 4.06. The Morgan fingerprint density at radius 3 is 2.85 bits per heavy atom. The molecule has 0 radical (unpaired) electrons. The molecule has 0 aromatic heterocycles. The van der Waals surface area contributed by atoms with E-state index in [-0.39, 0.29) is 18.0 Å². The number of rotatable bonds is 6. The first-order valence-corrected chi connectivity index (χ1v) is 7.39.